The van der Waals surface area contributed by atoms with Crippen LogP contribution in [0.3, 0.4) is 0 Å². The first-order valence-electron chi connectivity index (χ1n) is 6.79. The lowest BCUT2D eigenvalue weighted by Crippen LogP contribution is -2.30. The number of thiophene rings is 1. The van der Waals surface area contributed by atoms with Crippen LogP contribution in [-0.2, 0) is 16.0 Å². The molecule has 0 fully saturated rings. The summed E-state index contributed by atoms with van der Waals surface area (Å²) in [6.07, 6.45) is 2.29. The number of rotatable bonds is 7. The van der Waals surface area contributed by atoms with E-state index in [9.17, 15) is 9.59 Å². The minimum absolute atomic E-state index is 0.0864. The maximum Gasteiger partial charge on any atom is 0.258 e. The summed E-state index contributed by atoms with van der Waals surface area (Å²) in [5.74, 6) is -0.0209. The second-order valence-corrected chi connectivity index (χ2v) is 5.57. The largest absolute Gasteiger partial charge is 0.468 e. The Bertz CT molecular complexity index is 611. The summed E-state index contributed by atoms with van der Waals surface area (Å²) < 4.78 is 5.28. The summed E-state index contributed by atoms with van der Waals surface area (Å²) in [5, 5.41) is 7.40. The molecule has 0 saturated heterocycles. The fourth-order valence-electron chi connectivity index (χ4n) is 1.71. The molecule has 116 valence electrons. The molecular formula is C15H17N3O3S. The zero-order valence-electron chi connectivity index (χ0n) is 12.2. The fraction of sp³-hybridized carbons (Fsp3) is 0.267. The molecule has 0 aromatic carbocycles. The summed E-state index contributed by atoms with van der Waals surface area (Å²) in [7, 11) is 0. The van der Waals surface area contributed by atoms with Crippen molar-refractivity contribution >= 4 is 28.8 Å². The quantitative estimate of drug-likeness (QED) is 0.816. The average Bonchev–Trinajstić information content (AvgIpc) is 2.99. The SMILES string of the molecule is CC(=O)Nc1ccc(OCC(=O)NCCc2cccs2)nc1. The molecule has 2 heterocycles. The first-order valence-corrected chi connectivity index (χ1v) is 7.67. The topological polar surface area (TPSA) is 80.3 Å². The molecule has 0 atom stereocenters. The van der Waals surface area contributed by atoms with Crippen molar-refractivity contribution in [1.82, 2.24) is 10.3 Å². The van der Waals surface area contributed by atoms with E-state index < -0.39 is 0 Å². The van der Waals surface area contributed by atoms with Crippen LogP contribution < -0.4 is 15.4 Å². The number of hydrogen-bond donors (Lipinski definition) is 2. The molecular weight excluding hydrogens is 302 g/mol. The maximum atomic E-state index is 11.6. The summed E-state index contributed by atoms with van der Waals surface area (Å²) >= 11 is 1.67. The molecule has 2 rings (SSSR count). The Balaban J connectivity index is 1.68. The van der Waals surface area contributed by atoms with Gasteiger partial charge in [0.05, 0.1) is 11.9 Å². The summed E-state index contributed by atoms with van der Waals surface area (Å²) in [6.45, 7) is 1.92. The molecule has 0 aliphatic rings. The van der Waals surface area contributed by atoms with Crippen molar-refractivity contribution in [3.05, 3.63) is 40.7 Å². The molecule has 0 aliphatic carbocycles. The minimum atomic E-state index is -0.190. The Morgan fingerprint density at radius 3 is 2.82 bits per heavy atom. The number of hydrogen-bond acceptors (Lipinski definition) is 5. The average molecular weight is 319 g/mol. The van der Waals surface area contributed by atoms with Gasteiger partial charge in [0.2, 0.25) is 11.8 Å². The van der Waals surface area contributed by atoms with E-state index in [4.69, 9.17) is 4.74 Å². The van der Waals surface area contributed by atoms with Crippen LogP contribution in [0.15, 0.2) is 35.8 Å². The van der Waals surface area contributed by atoms with Crippen LogP contribution in [0.2, 0.25) is 0 Å². The highest BCUT2D eigenvalue weighted by Gasteiger charge is 2.04. The molecule has 7 heteroatoms. The van der Waals surface area contributed by atoms with E-state index in [0.29, 0.717) is 18.1 Å². The standard InChI is InChI=1S/C15H17N3O3S/c1-11(19)18-12-4-5-15(17-9-12)21-10-14(20)16-7-6-13-3-2-8-22-13/h2-5,8-9H,6-7,10H2,1H3,(H,16,20)(H,18,19). The normalized spacial score (nSPS) is 10.0. The number of anilines is 1. The predicted octanol–water partition coefficient (Wildman–Crippen LogP) is 1.84. The second-order valence-electron chi connectivity index (χ2n) is 4.53. The number of ether oxygens (including phenoxy) is 1. The maximum absolute atomic E-state index is 11.6. The third-order valence-electron chi connectivity index (χ3n) is 2.68. The van der Waals surface area contributed by atoms with E-state index >= 15 is 0 Å². The van der Waals surface area contributed by atoms with Crippen molar-refractivity contribution in [1.29, 1.82) is 0 Å². The van der Waals surface area contributed by atoms with Crippen molar-refractivity contribution in [3.63, 3.8) is 0 Å². The van der Waals surface area contributed by atoms with Crippen molar-refractivity contribution in [2.75, 3.05) is 18.5 Å². The molecule has 0 saturated carbocycles. The monoisotopic (exact) mass is 319 g/mol. The number of amides is 2. The van der Waals surface area contributed by atoms with Crippen LogP contribution in [-0.4, -0.2) is 29.9 Å². The van der Waals surface area contributed by atoms with E-state index in [1.807, 2.05) is 17.5 Å². The number of carbonyl (C=O) groups excluding carboxylic acids is 2. The van der Waals surface area contributed by atoms with Gasteiger partial charge in [-0.25, -0.2) is 4.98 Å². The van der Waals surface area contributed by atoms with Crippen LogP contribution in [0.5, 0.6) is 5.88 Å². The molecule has 2 N–H and O–H groups in total. The Labute approximate surface area is 132 Å². The van der Waals surface area contributed by atoms with Gasteiger partial charge in [0, 0.05) is 24.4 Å². The van der Waals surface area contributed by atoms with E-state index in [-0.39, 0.29) is 18.4 Å². The molecule has 0 aliphatic heterocycles. The van der Waals surface area contributed by atoms with Crippen molar-refractivity contribution in [2.24, 2.45) is 0 Å². The zero-order valence-corrected chi connectivity index (χ0v) is 13.0. The minimum Gasteiger partial charge on any atom is -0.468 e. The first-order chi connectivity index (χ1) is 10.6. The lowest BCUT2D eigenvalue weighted by atomic mass is 10.3. The number of pyridine rings is 1. The Kier molecular flexibility index (Phi) is 5.91. The first kappa shape index (κ1) is 16.0. The third kappa shape index (κ3) is 5.53. The molecule has 2 amide bonds. The van der Waals surface area contributed by atoms with Crippen LogP contribution in [0.4, 0.5) is 5.69 Å². The highest BCUT2D eigenvalue weighted by atomic mass is 32.1. The van der Waals surface area contributed by atoms with Gasteiger partial charge in [0.25, 0.3) is 5.91 Å². The molecule has 6 nitrogen and oxygen atoms in total. The van der Waals surface area contributed by atoms with E-state index in [0.717, 1.165) is 6.42 Å². The third-order valence-corrected chi connectivity index (χ3v) is 3.62. The Hall–Kier alpha value is -2.41. The molecule has 22 heavy (non-hydrogen) atoms. The highest BCUT2D eigenvalue weighted by Crippen LogP contribution is 2.11. The number of nitrogens with zero attached hydrogens (tertiary/aromatic N) is 1. The zero-order chi connectivity index (χ0) is 15.8. The van der Waals surface area contributed by atoms with E-state index in [1.54, 1.807) is 23.5 Å². The van der Waals surface area contributed by atoms with Crippen molar-refractivity contribution < 1.29 is 14.3 Å². The van der Waals surface area contributed by atoms with Gasteiger partial charge in [-0.2, -0.15) is 0 Å². The molecule has 0 spiro atoms. The second kappa shape index (κ2) is 8.14. The van der Waals surface area contributed by atoms with Gasteiger partial charge in [0.1, 0.15) is 0 Å². The Morgan fingerprint density at radius 2 is 2.18 bits per heavy atom. The summed E-state index contributed by atoms with van der Waals surface area (Å²) in [5.41, 5.74) is 0.584. The fourth-order valence-corrected chi connectivity index (χ4v) is 2.42. The molecule has 2 aromatic heterocycles. The predicted molar refractivity (Wildman–Crippen MR) is 85.1 cm³/mol. The summed E-state index contributed by atoms with van der Waals surface area (Å²) in [4.78, 5) is 27.8. The van der Waals surface area contributed by atoms with Gasteiger partial charge in [-0.3, -0.25) is 9.59 Å². The van der Waals surface area contributed by atoms with Crippen LogP contribution in [0, 0.1) is 0 Å². The number of nitrogens with one attached hydrogen (secondary N) is 2. The van der Waals surface area contributed by atoms with Gasteiger partial charge in [-0.05, 0) is 23.9 Å². The van der Waals surface area contributed by atoms with Gasteiger partial charge in [-0.15, -0.1) is 11.3 Å². The van der Waals surface area contributed by atoms with Gasteiger partial charge >= 0.3 is 0 Å². The Morgan fingerprint density at radius 1 is 1.32 bits per heavy atom. The lowest BCUT2D eigenvalue weighted by molar-refractivity contribution is -0.123. The molecule has 0 bridgehead atoms. The molecule has 0 unspecified atom stereocenters. The van der Waals surface area contributed by atoms with Gasteiger partial charge in [0.15, 0.2) is 6.61 Å². The van der Waals surface area contributed by atoms with Gasteiger partial charge in [-0.1, -0.05) is 6.07 Å². The molecule has 2 aromatic rings. The summed E-state index contributed by atoms with van der Waals surface area (Å²) in [6, 6.07) is 7.29. The van der Waals surface area contributed by atoms with Crippen molar-refractivity contribution in [2.45, 2.75) is 13.3 Å². The number of carbonyl (C=O) groups is 2. The van der Waals surface area contributed by atoms with E-state index in [2.05, 4.69) is 15.6 Å². The van der Waals surface area contributed by atoms with Crippen LogP contribution >= 0.6 is 11.3 Å². The van der Waals surface area contributed by atoms with Crippen LogP contribution in [0.1, 0.15) is 11.8 Å². The van der Waals surface area contributed by atoms with E-state index in [1.165, 1.54) is 18.0 Å². The van der Waals surface area contributed by atoms with Gasteiger partial charge < -0.3 is 15.4 Å². The number of aromatic nitrogens is 1. The van der Waals surface area contributed by atoms with Crippen molar-refractivity contribution in [3.8, 4) is 5.88 Å². The molecule has 0 radical (unpaired) electrons. The lowest BCUT2D eigenvalue weighted by Gasteiger charge is -2.07. The smallest absolute Gasteiger partial charge is 0.258 e. The van der Waals surface area contributed by atoms with Crippen LogP contribution in [0.25, 0.3) is 0 Å². The highest BCUT2D eigenvalue weighted by molar-refractivity contribution is 7.09.